The second kappa shape index (κ2) is 6.27. The summed E-state index contributed by atoms with van der Waals surface area (Å²) in [6, 6.07) is 10.2. The van der Waals surface area contributed by atoms with E-state index < -0.39 is 0 Å². The number of benzene rings is 2. The molecule has 2 nitrogen and oxygen atoms in total. The predicted molar refractivity (Wildman–Crippen MR) is 83.6 cm³/mol. The quantitative estimate of drug-likeness (QED) is 0.806. The molecule has 0 heterocycles. The Morgan fingerprint density at radius 2 is 2.00 bits per heavy atom. The van der Waals surface area contributed by atoms with Gasteiger partial charge >= 0.3 is 0 Å². The molecule has 20 heavy (non-hydrogen) atoms. The fourth-order valence-electron chi connectivity index (χ4n) is 2.13. The van der Waals surface area contributed by atoms with Gasteiger partial charge in [-0.05, 0) is 49.2 Å². The molecule has 2 aromatic carbocycles. The molecule has 1 unspecified atom stereocenters. The van der Waals surface area contributed by atoms with E-state index in [4.69, 9.17) is 0 Å². The van der Waals surface area contributed by atoms with Crippen molar-refractivity contribution < 1.29 is 9.50 Å². The number of aromatic hydroxyl groups is 1. The first-order valence-electron chi connectivity index (χ1n) is 6.52. The Hall–Kier alpha value is -1.55. The summed E-state index contributed by atoms with van der Waals surface area (Å²) < 4.78 is 14.8. The summed E-state index contributed by atoms with van der Waals surface area (Å²) >= 11 is 3.39. The highest BCUT2D eigenvalue weighted by Gasteiger charge is 2.15. The van der Waals surface area contributed by atoms with Crippen LogP contribution in [0.25, 0.3) is 0 Å². The van der Waals surface area contributed by atoms with Gasteiger partial charge in [0.2, 0.25) is 0 Å². The van der Waals surface area contributed by atoms with Crippen molar-refractivity contribution in [3.63, 3.8) is 0 Å². The maximum Gasteiger partial charge on any atom is 0.146 e. The van der Waals surface area contributed by atoms with Gasteiger partial charge in [0.15, 0.2) is 0 Å². The second-order valence-electron chi connectivity index (χ2n) is 4.79. The first kappa shape index (κ1) is 14.9. The van der Waals surface area contributed by atoms with Crippen LogP contribution in [-0.4, -0.2) is 5.11 Å². The van der Waals surface area contributed by atoms with Crippen molar-refractivity contribution in [2.45, 2.75) is 26.3 Å². The van der Waals surface area contributed by atoms with Gasteiger partial charge in [-0.2, -0.15) is 0 Å². The molecule has 0 amide bonds. The zero-order valence-corrected chi connectivity index (χ0v) is 13.0. The number of hydrogen-bond acceptors (Lipinski definition) is 2. The number of rotatable bonds is 4. The molecule has 2 aromatic rings. The number of aryl methyl sites for hydroxylation is 1. The molecule has 0 saturated carbocycles. The molecule has 0 fully saturated rings. The van der Waals surface area contributed by atoms with Crippen LogP contribution in [0.2, 0.25) is 0 Å². The van der Waals surface area contributed by atoms with Crippen molar-refractivity contribution in [2.75, 3.05) is 5.32 Å². The second-order valence-corrected chi connectivity index (χ2v) is 5.71. The number of nitrogens with one attached hydrogen (secondary N) is 1. The maximum atomic E-state index is 13.9. The van der Waals surface area contributed by atoms with Crippen LogP contribution in [-0.2, 0) is 0 Å². The molecule has 4 heteroatoms. The van der Waals surface area contributed by atoms with Crippen LogP contribution >= 0.6 is 15.9 Å². The van der Waals surface area contributed by atoms with Crippen molar-refractivity contribution in [1.29, 1.82) is 0 Å². The molecule has 106 valence electrons. The van der Waals surface area contributed by atoms with E-state index in [1.54, 1.807) is 18.2 Å². The lowest BCUT2D eigenvalue weighted by atomic mass is 10.0. The van der Waals surface area contributed by atoms with Gasteiger partial charge in [0, 0.05) is 10.0 Å². The molecule has 1 atom stereocenters. The van der Waals surface area contributed by atoms with Gasteiger partial charge < -0.3 is 10.4 Å². The van der Waals surface area contributed by atoms with Gasteiger partial charge in [-0.3, -0.25) is 0 Å². The zero-order chi connectivity index (χ0) is 14.7. The van der Waals surface area contributed by atoms with Crippen LogP contribution in [0.1, 0.15) is 30.5 Å². The number of hydrogen-bond donors (Lipinski definition) is 2. The Bertz CT molecular complexity index is 615. The van der Waals surface area contributed by atoms with E-state index in [1.165, 1.54) is 6.07 Å². The minimum atomic E-state index is -0.280. The summed E-state index contributed by atoms with van der Waals surface area (Å²) in [7, 11) is 0. The molecular weight excluding hydrogens is 321 g/mol. The zero-order valence-electron chi connectivity index (χ0n) is 11.5. The van der Waals surface area contributed by atoms with E-state index >= 15 is 0 Å². The average molecular weight is 338 g/mol. The van der Waals surface area contributed by atoms with Crippen molar-refractivity contribution in [1.82, 2.24) is 0 Å². The van der Waals surface area contributed by atoms with E-state index in [-0.39, 0.29) is 17.6 Å². The van der Waals surface area contributed by atoms with Crippen molar-refractivity contribution in [2.24, 2.45) is 0 Å². The fraction of sp³-hybridized carbons (Fsp3) is 0.250. The van der Waals surface area contributed by atoms with Crippen LogP contribution in [0.15, 0.2) is 40.9 Å². The lowest BCUT2D eigenvalue weighted by Crippen LogP contribution is -2.11. The molecule has 0 aliphatic carbocycles. The molecule has 0 aliphatic heterocycles. The summed E-state index contributed by atoms with van der Waals surface area (Å²) in [6.45, 7) is 3.84. The third-order valence-electron chi connectivity index (χ3n) is 3.23. The smallest absolute Gasteiger partial charge is 0.146 e. The summed E-state index contributed by atoms with van der Waals surface area (Å²) in [6.07, 6.45) is 0.733. The largest absolute Gasteiger partial charge is 0.508 e. The van der Waals surface area contributed by atoms with Crippen molar-refractivity contribution >= 4 is 21.6 Å². The Morgan fingerprint density at radius 1 is 1.25 bits per heavy atom. The van der Waals surface area contributed by atoms with Crippen LogP contribution < -0.4 is 5.32 Å². The predicted octanol–water partition coefficient (Wildman–Crippen LogP) is 5.17. The Morgan fingerprint density at radius 3 is 2.65 bits per heavy atom. The first-order valence-corrected chi connectivity index (χ1v) is 7.31. The van der Waals surface area contributed by atoms with Gasteiger partial charge in [0.05, 0.1) is 11.7 Å². The number of phenolic OH excluding ortho intramolecular Hbond substituents is 1. The minimum absolute atomic E-state index is 0.148. The van der Waals surface area contributed by atoms with E-state index in [0.717, 1.165) is 22.0 Å². The highest BCUT2D eigenvalue weighted by atomic mass is 79.9. The molecule has 0 aliphatic rings. The highest BCUT2D eigenvalue weighted by Crippen LogP contribution is 2.32. The Kier molecular flexibility index (Phi) is 4.65. The first-order chi connectivity index (χ1) is 9.51. The lowest BCUT2D eigenvalue weighted by Gasteiger charge is -2.20. The van der Waals surface area contributed by atoms with E-state index in [0.29, 0.717) is 5.69 Å². The fourth-order valence-corrected chi connectivity index (χ4v) is 2.51. The van der Waals surface area contributed by atoms with Crippen LogP contribution in [0.4, 0.5) is 10.1 Å². The summed E-state index contributed by atoms with van der Waals surface area (Å²) in [4.78, 5) is 0. The molecule has 0 aromatic heterocycles. The third kappa shape index (κ3) is 3.31. The molecule has 2 N–H and O–H groups in total. The van der Waals surface area contributed by atoms with Crippen LogP contribution in [0, 0.1) is 12.7 Å². The van der Waals surface area contributed by atoms with Gasteiger partial charge in [-0.1, -0.05) is 28.9 Å². The molecule has 0 spiro atoms. The Balaban J connectivity index is 2.31. The third-order valence-corrected chi connectivity index (χ3v) is 3.72. The summed E-state index contributed by atoms with van der Waals surface area (Å²) in [5.74, 6) is -0.0713. The maximum absolute atomic E-state index is 13.9. The molecule has 0 bridgehead atoms. The number of phenols is 1. The van der Waals surface area contributed by atoms with E-state index in [2.05, 4.69) is 21.2 Å². The molecule has 0 radical (unpaired) electrons. The normalized spacial score (nSPS) is 12.2. The standard InChI is InChI=1S/C16H17BrFNO/c1-3-14(12-9-11(17)5-7-16(12)20)19-15-6-4-10(2)8-13(15)18/h4-9,14,19-20H,3H2,1-2H3. The topological polar surface area (TPSA) is 32.3 Å². The van der Waals surface area contributed by atoms with Gasteiger partial charge in [0.1, 0.15) is 11.6 Å². The van der Waals surface area contributed by atoms with Gasteiger partial charge in [0.25, 0.3) is 0 Å². The van der Waals surface area contributed by atoms with Gasteiger partial charge in [-0.15, -0.1) is 0 Å². The Labute approximate surface area is 126 Å². The van der Waals surface area contributed by atoms with Crippen LogP contribution in [0.3, 0.4) is 0 Å². The van der Waals surface area contributed by atoms with Crippen LogP contribution in [0.5, 0.6) is 5.75 Å². The lowest BCUT2D eigenvalue weighted by molar-refractivity contribution is 0.462. The van der Waals surface area contributed by atoms with Crippen molar-refractivity contribution in [3.05, 3.63) is 57.8 Å². The monoisotopic (exact) mass is 337 g/mol. The van der Waals surface area contributed by atoms with Crippen molar-refractivity contribution in [3.8, 4) is 5.75 Å². The summed E-state index contributed by atoms with van der Waals surface area (Å²) in [5, 5.41) is 13.1. The van der Waals surface area contributed by atoms with Gasteiger partial charge in [-0.25, -0.2) is 4.39 Å². The number of anilines is 1. The minimum Gasteiger partial charge on any atom is -0.508 e. The highest BCUT2D eigenvalue weighted by molar-refractivity contribution is 9.10. The summed E-state index contributed by atoms with van der Waals surface area (Å²) in [5.41, 5.74) is 2.08. The van der Waals surface area contributed by atoms with E-state index in [1.807, 2.05) is 26.0 Å². The average Bonchev–Trinajstić information content (AvgIpc) is 2.41. The molecule has 0 saturated heterocycles. The van der Waals surface area contributed by atoms with E-state index in [9.17, 15) is 9.50 Å². The molecular formula is C16H17BrFNO. The SMILES string of the molecule is CCC(Nc1ccc(C)cc1F)c1cc(Br)ccc1O. The molecule has 2 rings (SSSR count). The number of halogens is 2.